The summed E-state index contributed by atoms with van der Waals surface area (Å²) in [6, 6.07) is -0.885. The van der Waals surface area contributed by atoms with E-state index >= 15 is 0 Å². The number of amides is 2. The van der Waals surface area contributed by atoms with Crippen molar-refractivity contribution >= 4 is 12.0 Å². The van der Waals surface area contributed by atoms with E-state index in [4.69, 9.17) is 5.11 Å². The SMILES string of the molecule is Cc1cnc(CNC(=O)NC(C)C(C)C(=O)O)cn1. The fourth-order valence-electron chi connectivity index (χ4n) is 1.28. The van der Waals surface area contributed by atoms with Crippen LogP contribution in [0.15, 0.2) is 12.4 Å². The Labute approximate surface area is 111 Å². The van der Waals surface area contributed by atoms with E-state index in [0.717, 1.165) is 5.69 Å². The largest absolute Gasteiger partial charge is 0.481 e. The van der Waals surface area contributed by atoms with Gasteiger partial charge in [-0.25, -0.2) is 4.79 Å². The highest BCUT2D eigenvalue weighted by Crippen LogP contribution is 2.02. The van der Waals surface area contributed by atoms with Crippen molar-refractivity contribution in [3.63, 3.8) is 0 Å². The molecule has 19 heavy (non-hydrogen) atoms. The summed E-state index contributed by atoms with van der Waals surface area (Å²) in [7, 11) is 0. The van der Waals surface area contributed by atoms with Gasteiger partial charge in [0.2, 0.25) is 0 Å². The molecule has 1 aromatic rings. The molecule has 0 aliphatic heterocycles. The number of rotatable bonds is 5. The normalized spacial score (nSPS) is 13.4. The van der Waals surface area contributed by atoms with Crippen LogP contribution in [0.3, 0.4) is 0 Å². The van der Waals surface area contributed by atoms with E-state index in [1.54, 1.807) is 26.2 Å². The number of carbonyl (C=O) groups excluding carboxylic acids is 1. The van der Waals surface area contributed by atoms with Gasteiger partial charge < -0.3 is 15.7 Å². The third kappa shape index (κ3) is 4.90. The average Bonchev–Trinajstić information content (AvgIpc) is 2.37. The monoisotopic (exact) mass is 266 g/mol. The predicted octanol–water partition coefficient (Wildman–Crippen LogP) is 0.693. The van der Waals surface area contributed by atoms with Crippen LogP contribution in [-0.4, -0.2) is 33.1 Å². The molecule has 104 valence electrons. The van der Waals surface area contributed by atoms with Gasteiger partial charge in [-0.3, -0.25) is 14.8 Å². The van der Waals surface area contributed by atoms with Gasteiger partial charge in [0.1, 0.15) is 0 Å². The Morgan fingerprint density at radius 1 is 1.32 bits per heavy atom. The van der Waals surface area contributed by atoms with Crippen LogP contribution in [0, 0.1) is 12.8 Å². The molecule has 0 bridgehead atoms. The maximum absolute atomic E-state index is 11.6. The molecule has 2 amide bonds. The smallest absolute Gasteiger partial charge is 0.315 e. The molecule has 0 spiro atoms. The van der Waals surface area contributed by atoms with Crippen LogP contribution in [0.4, 0.5) is 4.79 Å². The lowest BCUT2D eigenvalue weighted by atomic mass is 10.0. The number of urea groups is 1. The minimum atomic E-state index is -0.947. The Morgan fingerprint density at radius 2 is 2.00 bits per heavy atom. The van der Waals surface area contributed by atoms with Crippen LogP contribution < -0.4 is 10.6 Å². The molecule has 0 saturated heterocycles. The minimum absolute atomic E-state index is 0.243. The van der Waals surface area contributed by atoms with Crippen LogP contribution in [0.2, 0.25) is 0 Å². The molecule has 2 unspecified atom stereocenters. The number of hydrogen-bond acceptors (Lipinski definition) is 4. The molecule has 0 aromatic carbocycles. The second kappa shape index (κ2) is 6.67. The molecule has 1 heterocycles. The standard InChI is InChI=1S/C12H18N4O3/c1-7-4-14-10(5-13-7)6-15-12(19)16-9(3)8(2)11(17)18/h4-5,8-9H,6H2,1-3H3,(H,17,18)(H2,15,16,19). The van der Waals surface area contributed by atoms with Gasteiger partial charge in [-0.15, -0.1) is 0 Å². The molecule has 0 saturated carbocycles. The van der Waals surface area contributed by atoms with E-state index in [0.29, 0.717) is 5.69 Å². The molecule has 0 fully saturated rings. The molecule has 0 aliphatic rings. The van der Waals surface area contributed by atoms with Crippen molar-refractivity contribution in [1.82, 2.24) is 20.6 Å². The fraction of sp³-hybridized carbons (Fsp3) is 0.500. The third-order valence-corrected chi connectivity index (χ3v) is 2.76. The Balaban J connectivity index is 2.39. The number of nitrogens with one attached hydrogen (secondary N) is 2. The molecule has 7 nitrogen and oxygen atoms in total. The summed E-state index contributed by atoms with van der Waals surface area (Å²) in [5, 5.41) is 14.0. The number of aromatic nitrogens is 2. The Morgan fingerprint density at radius 3 is 2.53 bits per heavy atom. The maximum Gasteiger partial charge on any atom is 0.315 e. The van der Waals surface area contributed by atoms with Crippen molar-refractivity contribution in [2.45, 2.75) is 33.4 Å². The van der Waals surface area contributed by atoms with Crippen LogP contribution in [0.1, 0.15) is 25.2 Å². The summed E-state index contributed by atoms with van der Waals surface area (Å²) < 4.78 is 0. The van der Waals surface area contributed by atoms with Crippen LogP contribution >= 0.6 is 0 Å². The Hall–Kier alpha value is -2.18. The van der Waals surface area contributed by atoms with Gasteiger partial charge in [-0.05, 0) is 20.8 Å². The molecule has 1 rings (SSSR count). The van der Waals surface area contributed by atoms with Crippen LogP contribution in [0.25, 0.3) is 0 Å². The number of hydrogen-bond donors (Lipinski definition) is 3. The lowest BCUT2D eigenvalue weighted by Crippen LogP contribution is -2.45. The van der Waals surface area contributed by atoms with Crippen LogP contribution in [-0.2, 0) is 11.3 Å². The summed E-state index contributed by atoms with van der Waals surface area (Å²) in [5.41, 5.74) is 1.44. The van der Waals surface area contributed by atoms with Gasteiger partial charge in [0.15, 0.2) is 0 Å². The van der Waals surface area contributed by atoms with Crippen molar-refractivity contribution in [2.24, 2.45) is 5.92 Å². The van der Waals surface area contributed by atoms with E-state index in [2.05, 4.69) is 20.6 Å². The predicted molar refractivity (Wildman–Crippen MR) is 68.4 cm³/mol. The van der Waals surface area contributed by atoms with Gasteiger partial charge in [0.25, 0.3) is 0 Å². The minimum Gasteiger partial charge on any atom is -0.481 e. The third-order valence-electron chi connectivity index (χ3n) is 2.76. The molecular weight excluding hydrogens is 248 g/mol. The molecule has 7 heteroatoms. The van der Waals surface area contributed by atoms with E-state index in [9.17, 15) is 9.59 Å². The lowest BCUT2D eigenvalue weighted by molar-refractivity contribution is -0.141. The van der Waals surface area contributed by atoms with Gasteiger partial charge in [0.05, 0.1) is 30.0 Å². The van der Waals surface area contributed by atoms with E-state index in [1.807, 2.05) is 6.92 Å². The molecule has 0 radical (unpaired) electrons. The number of carbonyl (C=O) groups is 2. The molecular formula is C12H18N4O3. The van der Waals surface area contributed by atoms with E-state index < -0.39 is 24.0 Å². The molecule has 2 atom stereocenters. The zero-order valence-corrected chi connectivity index (χ0v) is 11.2. The van der Waals surface area contributed by atoms with Crippen molar-refractivity contribution in [3.05, 3.63) is 23.8 Å². The average molecular weight is 266 g/mol. The first-order chi connectivity index (χ1) is 8.90. The second-order valence-electron chi connectivity index (χ2n) is 4.39. The molecule has 1 aromatic heterocycles. The summed E-state index contributed by atoms with van der Waals surface area (Å²) in [6.45, 7) is 5.25. The summed E-state index contributed by atoms with van der Waals surface area (Å²) in [4.78, 5) is 30.5. The van der Waals surface area contributed by atoms with Gasteiger partial charge in [0, 0.05) is 12.2 Å². The van der Waals surface area contributed by atoms with Crippen molar-refractivity contribution in [3.8, 4) is 0 Å². The zero-order valence-electron chi connectivity index (χ0n) is 11.2. The summed E-state index contributed by atoms with van der Waals surface area (Å²) in [5.74, 6) is -1.60. The number of carboxylic acid groups (broad SMARTS) is 1. The first-order valence-corrected chi connectivity index (χ1v) is 5.95. The highest BCUT2D eigenvalue weighted by molar-refractivity contribution is 5.76. The van der Waals surface area contributed by atoms with E-state index in [1.165, 1.54) is 0 Å². The number of aliphatic carboxylic acids is 1. The Kier molecular flexibility index (Phi) is 5.23. The molecule has 3 N–H and O–H groups in total. The molecule has 0 aliphatic carbocycles. The first kappa shape index (κ1) is 14.9. The summed E-state index contributed by atoms with van der Waals surface area (Å²) in [6.07, 6.45) is 3.20. The number of aryl methyl sites for hydroxylation is 1. The van der Waals surface area contributed by atoms with Crippen LogP contribution in [0.5, 0.6) is 0 Å². The lowest BCUT2D eigenvalue weighted by Gasteiger charge is -2.17. The van der Waals surface area contributed by atoms with E-state index in [-0.39, 0.29) is 6.54 Å². The second-order valence-corrected chi connectivity index (χ2v) is 4.39. The van der Waals surface area contributed by atoms with Gasteiger partial charge in [-0.2, -0.15) is 0 Å². The highest BCUT2D eigenvalue weighted by atomic mass is 16.4. The first-order valence-electron chi connectivity index (χ1n) is 5.95. The quantitative estimate of drug-likeness (QED) is 0.727. The zero-order chi connectivity index (χ0) is 14.4. The van der Waals surface area contributed by atoms with Crippen molar-refractivity contribution in [2.75, 3.05) is 0 Å². The Bertz CT molecular complexity index is 447. The number of carboxylic acids is 1. The van der Waals surface area contributed by atoms with Crippen molar-refractivity contribution in [1.29, 1.82) is 0 Å². The fourth-order valence-corrected chi connectivity index (χ4v) is 1.28. The van der Waals surface area contributed by atoms with Gasteiger partial charge >= 0.3 is 12.0 Å². The highest BCUT2D eigenvalue weighted by Gasteiger charge is 2.20. The summed E-state index contributed by atoms with van der Waals surface area (Å²) >= 11 is 0. The topological polar surface area (TPSA) is 104 Å². The van der Waals surface area contributed by atoms with Crippen molar-refractivity contribution < 1.29 is 14.7 Å². The van der Waals surface area contributed by atoms with Gasteiger partial charge in [-0.1, -0.05) is 0 Å². The maximum atomic E-state index is 11.6. The number of nitrogens with zero attached hydrogens (tertiary/aromatic N) is 2.